The lowest BCUT2D eigenvalue weighted by Crippen LogP contribution is -2.41. The number of sulfonamides is 1. The van der Waals surface area contributed by atoms with Gasteiger partial charge in [0.1, 0.15) is 6.04 Å². The van der Waals surface area contributed by atoms with Crippen molar-refractivity contribution in [1.29, 1.82) is 5.26 Å². The number of nitriles is 1. The van der Waals surface area contributed by atoms with Crippen LogP contribution < -0.4 is 0 Å². The molecule has 0 aromatic carbocycles. The van der Waals surface area contributed by atoms with E-state index in [1.807, 2.05) is 6.07 Å². The van der Waals surface area contributed by atoms with Crippen molar-refractivity contribution < 1.29 is 18.3 Å². The second-order valence-electron chi connectivity index (χ2n) is 3.11. The van der Waals surface area contributed by atoms with Crippen molar-refractivity contribution in [1.82, 2.24) is 4.31 Å². The Labute approximate surface area is 89.2 Å². The van der Waals surface area contributed by atoms with Crippen LogP contribution >= 0.6 is 0 Å². The van der Waals surface area contributed by atoms with Gasteiger partial charge in [-0.15, -0.1) is 0 Å². The Kier molecular flexibility index (Phi) is 5.25. The van der Waals surface area contributed by atoms with Crippen LogP contribution in [0.1, 0.15) is 19.8 Å². The number of nitrogens with zero attached hydrogens (tertiary/aromatic N) is 2. The molecule has 0 radical (unpaired) electrons. The van der Waals surface area contributed by atoms with Crippen molar-refractivity contribution in [3.63, 3.8) is 0 Å². The van der Waals surface area contributed by atoms with E-state index in [4.69, 9.17) is 10.4 Å². The van der Waals surface area contributed by atoms with E-state index in [9.17, 15) is 13.2 Å². The van der Waals surface area contributed by atoms with Gasteiger partial charge in [0.05, 0.1) is 11.8 Å². The van der Waals surface area contributed by atoms with Gasteiger partial charge in [-0.05, 0) is 13.3 Å². The molecule has 0 aliphatic rings. The minimum absolute atomic E-state index is 0.147. The molecule has 1 N–H and O–H groups in total. The van der Waals surface area contributed by atoms with Crippen LogP contribution in [-0.2, 0) is 14.8 Å². The zero-order chi connectivity index (χ0) is 12.1. The van der Waals surface area contributed by atoms with E-state index in [0.29, 0.717) is 0 Å². The van der Waals surface area contributed by atoms with Crippen LogP contribution in [0.15, 0.2) is 0 Å². The first-order valence-corrected chi connectivity index (χ1v) is 5.99. The zero-order valence-electron chi connectivity index (χ0n) is 8.67. The summed E-state index contributed by atoms with van der Waals surface area (Å²) in [7, 11) is -2.35. The van der Waals surface area contributed by atoms with Gasteiger partial charge in [-0.25, -0.2) is 8.42 Å². The maximum Gasteiger partial charge on any atom is 0.321 e. The third kappa shape index (κ3) is 4.27. The molecule has 0 aromatic heterocycles. The van der Waals surface area contributed by atoms with Crippen LogP contribution in [0.3, 0.4) is 0 Å². The molecule has 0 bridgehead atoms. The third-order valence-corrected chi connectivity index (χ3v) is 4.03. The molecule has 0 saturated heterocycles. The summed E-state index contributed by atoms with van der Waals surface area (Å²) in [5.74, 6) is -1.39. The van der Waals surface area contributed by atoms with E-state index in [0.717, 1.165) is 4.31 Å². The standard InChI is InChI=1S/C8H14N2O4S/c1-7(8(11)12)10(2)15(13,14)6-4-3-5-9/h7H,3-4,6H2,1-2H3,(H,11,12). The Morgan fingerprint density at radius 3 is 2.53 bits per heavy atom. The first-order valence-electron chi connectivity index (χ1n) is 4.38. The van der Waals surface area contributed by atoms with E-state index in [1.54, 1.807) is 0 Å². The normalized spacial score (nSPS) is 13.5. The Balaban J connectivity index is 4.47. The molecular formula is C8H14N2O4S. The number of unbranched alkanes of at least 4 members (excludes halogenated alkanes) is 1. The first kappa shape index (κ1) is 13.9. The summed E-state index contributed by atoms with van der Waals surface area (Å²) in [4.78, 5) is 10.6. The fourth-order valence-electron chi connectivity index (χ4n) is 0.874. The van der Waals surface area contributed by atoms with Gasteiger partial charge in [0.15, 0.2) is 0 Å². The number of carbonyl (C=O) groups is 1. The molecule has 0 saturated carbocycles. The van der Waals surface area contributed by atoms with Crippen LogP contribution in [0.5, 0.6) is 0 Å². The number of hydrogen-bond acceptors (Lipinski definition) is 4. The third-order valence-electron chi connectivity index (χ3n) is 2.03. The van der Waals surface area contributed by atoms with E-state index >= 15 is 0 Å². The highest BCUT2D eigenvalue weighted by molar-refractivity contribution is 7.89. The summed E-state index contributed by atoms with van der Waals surface area (Å²) in [5.41, 5.74) is 0. The van der Waals surface area contributed by atoms with E-state index in [-0.39, 0.29) is 18.6 Å². The summed E-state index contributed by atoms with van der Waals surface area (Å²) < 4.78 is 23.8. The molecule has 0 aliphatic carbocycles. The molecule has 0 aromatic rings. The van der Waals surface area contributed by atoms with Gasteiger partial charge in [-0.3, -0.25) is 4.79 Å². The van der Waals surface area contributed by atoms with Gasteiger partial charge in [0, 0.05) is 13.5 Å². The van der Waals surface area contributed by atoms with E-state index in [2.05, 4.69) is 0 Å². The number of carboxylic acid groups (broad SMARTS) is 1. The fraction of sp³-hybridized carbons (Fsp3) is 0.750. The minimum atomic E-state index is -3.58. The second-order valence-corrected chi connectivity index (χ2v) is 5.26. The molecule has 86 valence electrons. The lowest BCUT2D eigenvalue weighted by molar-refractivity contribution is -0.140. The Bertz CT molecular complexity index is 357. The summed E-state index contributed by atoms with van der Waals surface area (Å²) in [6.45, 7) is 1.30. The highest BCUT2D eigenvalue weighted by Crippen LogP contribution is 2.07. The highest BCUT2D eigenvalue weighted by atomic mass is 32.2. The lowest BCUT2D eigenvalue weighted by atomic mass is 10.4. The zero-order valence-corrected chi connectivity index (χ0v) is 9.49. The predicted molar refractivity (Wildman–Crippen MR) is 53.5 cm³/mol. The van der Waals surface area contributed by atoms with Crippen molar-refractivity contribution in [3.8, 4) is 6.07 Å². The van der Waals surface area contributed by atoms with Crippen LogP contribution in [-0.4, -0.2) is 42.6 Å². The molecule has 0 rings (SSSR count). The number of likely N-dealkylation sites (N-methyl/N-ethyl adjacent to an activating group) is 1. The topological polar surface area (TPSA) is 98.5 Å². The average molecular weight is 234 g/mol. The van der Waals surface area contributed by atoms with E-state index in [1.165, 1.54) is 14.0 Å². The van der Waals surface area contributed by atoms with Gasteiger partial charge in [-0.2, -0.15) is 9.57 Å². The number of aliphatic carboxylic acids is 1. The molecule has 0 amide bonds. The van der Waals surface area contributed by atoms with Crippen LogP contribution in [0.2, 0.25) is 0 Å². The Morgan fingerprint density at radius 2 is 2.13 bits per heavy atom. The maximum atomic E-state index is 11.5. The summed E-state index contributed by atoms with van der Waals surface area (Å²) in [6, 6.07) is 0.746. The first-order chi connectivity index (χ1) is 6.83. The summed E-state index contributed by atoms with van der Waals surface area (Å²) >= 11 is 0. The molecule has 0 fully saturated rings. The Hall–Kier alpha value is -1.13. The monoisotopic (exact) mass is 234 g/mol. The maximum absolute atomic E-state index is 11.5. The molecule has 1 unspecified atom stereocenters. The summed E-state index contributed by atoms with van der Waals surface area (Å²) in [5, 5.41) is 16.9. The van der Waals surface area contributed by atoms with Gasteiger partial charge < -0.3 is 5.11 Å². The van der Waals surface area contributed by atoms with Crippen molar-refractivity contribution in [3.05, 3.63) is 0 Å². The van der Waals surface area contributed by atoms with Crippen molar-refractivity contribution in [2.24, 2.45) is 0 Å². The molecule has 0 aliphatic heterocycles. The molecule has 6 nitrogen and oxygen atoms in total. The fourth-order valence-corrected chi connectivity index (χ4v) is 2.24. The molecule has 1 atom stereocenters. The molecule has 15 heavy (non-hydrogen) atoms. The minimum Gasteiger partial charge on any atom is -0.480 e. The van der Waals surface area contributed by atoms with Crippen LogP contribution in [0.25, 0.3) is 0 Å². The molecule has 0 spiro atoms. The van der Waals surface area contributed by atoms with Crippen LogP contribution in [0, 0.1) is 11.3 Å². The van der Waals surface area contributed by atoms with Gasteiger partial charge in [0.25, 0.3) is 0 Å². The average Bonchev–Trinajstić information content (AvgIpc) is 2.15. The van der Waals surface area contributed by atoms with Crippen molar-refractivity contribution in [2.75, 3.05) is 12.8 Å². The molecular weight excluding hydrogens is 220 g/mol. The summed E-state index contributed by atoms with van der Waals surface area (Å²) in [6.07, 6.45) is 0.365. The largest absolute Gasteiger partial charge is 0.480 e. The molecule has 0 heterocycles. The second kappa shape index (κ2) is 5.68. The van der Waals surface area contributed by atoms with Crippen molar-refractivity contribution >= 4 is 16.0 Å². The smallest absolute Gasteiger partial charge is 0.321 e. The number of hydrogen-bond donors (Lipinski definition) is 1. The quantitative estimate of drug-likeness (QED) is 0.653. The molecule has 7 heteroatoms. The van der Waals surface area contributed by atoms with E-state index < -0.39 is 22.0 Å². The van der Waals surface area contributed by atoms with Gasteiger partial charge in [-0.1, -0.05) is 0 Å². The number of carboxylic acids is 1. The predicted octanol–water partition coefficient (Wildman–Crippen LogP) is 0.0249. The lowest BCUT2D eigenvalue weighted by Gasteiger charge is -2.20. The highest BCUT2D eigenvalue weighted by Gasteiger charge is 2.27. The number of rotatable bonds is 6. The van der Waals surface area contributed by atoms with Gasteiger partial charge in [0.2, 0.25) is 10.0 Å². The Morgan fingerprint density at radius 1 is 1.60 bits per heavy atom. The van der Waals surface area contributed by atoms with Crippen LogP contribution in [0.4, 0.5) is 0 Å². The van der Waals surface area contributed by atoms with Crippen molar-refractivity contribution in [2.45, 2.75) is 25.8 Å². The SMILES string of the molecule is CC(C(=O)O)N(C)S(=O)(=O)CCCC#N. The van der Waals surface area contributed by atoms with Gasteiger partial charge >= 0.3 is 5.97 Å².